The van der Waals surface area contributed by atoms with Crippen LogP contribution in [0.3, 0.4) is 0 Å². The molecule has 2 heterocycles. The SMILES string of the molecule is CCCCCCCCCCCCCC[C@@H](O)[C@@H](O)[C@H](CO[C@H]1OC(CO)[C@H](O)[C@H](O)C1O)NC(=O)CCCCCCCCCCCNC(=O)c1ccc(OC)cc1.CCCCCCCCCCCCCC[C@@H](OCc1ccccc1)[C@@H](OCc1ccccc1)[C@H](CO[C@H]1OC(COCc2ccccc2)[C@H](C)[C@H](C)C1C)NC(=O)CCCCCCCCCCCNC(=O)c1ccc(OC)cc1. The van der Waals surface area contributed by atoms with Crippen LogP contribution in [-0.4, -0.2) is 188 Å². The number of hydrogen-bond acceptors (Lipinski definition) is 19. The Kier molecular flexibility index (Phi) is 64.1. The standard InChI is InChI=1S/C68H102N2O8.C44H78N2O11/c1-6-7-8-9-10-11-12-13-15-18-21-33-42-63(75-50-58-38-29-25-30-39-58)66(76-51-59-40-31-26-32-41-59)62(52-77-68-56(4)54(2)55(3)64(78-68)53-74-49-57-36-27-24-28-37-57)70-65(71)43-34-22-19-16-14-17-20-23-35-48-69-67(72)60-44-46-61(73-5)47-45-60;1-3-4-5-6-7-8-9-10-12-15-18-21-24-36(48)39(50)35(32-56-44-42(53)41(52)40(51)37(31-47)57-44)46-38(49)25-22-19-16-13-11-14-17-20-23-30-45-43(54)33-26-28-34(55-2)29-27-33/h24-32,36-41,44-47,54-56,62-64,66,68H,6-23,33-35,42-43,48-53H2,1-5H3,(H,69,72)(H,70,71);26-29,35-37,39-42,44,47-48,50-53H,3-25,30-32H2,1-2H3,(H,45,54)(H,46,49)/t54-,55+,56?,62-,63+,64?,66-,68-;35-,36+,37?,39-,40-,41-,42?,44-/m00/s1. The minimum Gasteiger partial charge on any atom is -0.497 e. The van der Waals surface area contributed by atoms with E-state index in [1.54, 1.807) is 50.6 Å². The largest absolute Gasteiger partial charge is 0.497 e. The van der Waals surface area contributed by atoms with Crippen LogP contribution in [0, 0.1) is 17.8 Å². The van der Waals surface area contributed by atoms with Crippen molar-refractivity contribution in [1.82, 2.24) is 21.3 Å². The van der Waals surface area contributed by atoms with Gasteiger partial charge < -0.3 is 94.5 Å². The number of benzene rings is 5. The van der Waals surface area contributed by atoms with E-state index in [0.29, 0.717) is 75.8 Å². The molecule has 4 unspecified atom stereocenters. The Labute approximate surface area is 812 Å². The summed E-state index contributed by atoms with van der Waals surface area (Å²) in [5.74, 6) is 1.76. The van der Waals surface area contributed by atoms with E-state index in [2.05, 4.69) is 104 Å². The molecular formula is C112H180N4O19. The summed E-state index contributed by atoms with van der Waals surface area (Å²) < 4.78 is 55.5. The van der Waals surface area contributed by atoms with Crippen molar-refractivity contribution in [2.45, 2.75) is 429 Å². The van der Waals surface area contributed by atoms with Gasteiger partial charge in [-0.15, -0.1) is 0 Å². The lowest BCUT2D eigenvalue weighted by Crippen LogP contribution is -2.60. The van der Waals surface area contributed by atoms with Crippen molar-refractivity contribution in [3.63, 3.8) is 0 Å². The minimum absolute atomic E-state index is 0.00922. The van der Waals surface area contributed by atoms with Crippen LogP contribution in [0.1, 0.15) is 367 Å². The zero-order valence-corrected chi connectivity index (χ0v) is 83.9. The molecule has 0 radical (unpaired) electrons. The molecule has 0 saturated carbocycles. The average Bonchev–Trinajstić information content (AvgIpc) is 0.815. The van der Waals surface area contributed by atoms with Crippen molar-refractivity contribution >= 4 is 23.6 Å². The Morgan fingerprint density at radius 1 is 0.378 bits per heavy atom. The third kappa shape index (κ3) is 50.2. The molecule has 135 heavy (non-hydrogen) atoms. The zero-order valence-electron chi connectivity index (χ0n) is 83.9. The first kappa shape index (κ1) is 117. The summed E-state index contributed by atoms with van der Waals surface area (Å²) in [4.78, 5) is 52.0. The lowest BCUT2D eigenvalue weighted by Gasteiger charge is -2.44. The second-order valence-electron chi connectivity index (χ2n) is 38.2. The van der Waals surface area contributed by atoms with Gasteiger partial charge in [0, 0.05) is 43.0 Å². The van der Waals surface area contributed by atoms with Crippen molar-refractivity contribution in [1.29, 1.82) is 0 Å². The van der Waals surface area contributed by atoms with Crippen molar-refractivity contribution in [2.24, 2.45) is 17.8 Å². The Balaban J connectivity index is 0.000000436. The molecule has 4 amide bonds. The topological polar surface area (TPSA) is 321 Å². The van der Waals surface area contributed by atoms with E-state index in [0.717, 1.165) is 169 Å². The van der Waals surface area contributed by atoms with Crippen LogP contribution in [-0.2, 0) is 62.6 Å². The molecule has 0 bridgehead atoms. The van der Waals surface area contributed by atoms with Crippen LogP contribution in [0.4, 0.5) is 0 Å². The molecule has 2 saturated heterocycles. The Bertz CT molecular complexity index is 3720. The Hall–Kier alpha value is -6.94. The quantitative estimate of drug-likeness (QED) is 0.0162. The van der Waals surface area contributed by atoms with Crippen molar-refractivity contribution in [3.8, 4) is 11.5 Å². The molecule has 762 valence electrons. The maximum Gasteiger partial charge on any atom is 0.251 e. The molecule has 16 atom stereocenters. The predicted molar refractivity (Wildman–Crippen MR) is 538 cm³/mol. The van der Waals surface area contributed by atoms with Crippen LogP contribution < -0.4 is 30.7 Å². The fourth-order valence-electron chi connectivity index (χ4n) is 17.9. The first-order valence-electron chi connectivity index (χ1n) is 52.8. The van der Waals surface area contributed by atoms with E-state index in [9.17, 15) is 49.8 Å². The van der Waals surface area contributed by atoms with Gasteiger partial charge in [0.25, 0.3) is 11.8 Å². The van der Waals surface area contributed by atoms with Crippen molar-refractivity contribution in [2.75, 3.05) is 53.7 Å². The molecule has 0 spiro atoms. The maximum absolute atomic E-state index is 14.3. The van der Waals surface area contributed by atoms with Crippen LogP contribution in [0.2, 0.25) is 0 Å². The normalized spacial score (nSPS) is 19.6. The molecule has 0 aliphatic carbocycles. The fraction of sp³-hybridized carbons (Fsp3) is 0.696. The summed E-state index contributed by atoms with van der Waals surface area (Å²) in [5.41, 5.74) is 4.58. The number of ether oxygens (including phenoxy) is 9. The molecule has 23 heteroatoms. The van der Waals surface area contributed by atoms with Gasteiger partial charge in [-0.25, -0.2) is 0 Å². The molecule has 5 aromatic rings. The summed E-state index contributed by atoms with van der Waals surface area (Å²) in [6, 6.07) is 43.7. The van der Waals surface area contributed by atoms with E-state index < -0.39 is 74.0 Å². The number of carbonyl (C=O) groups is 4. The Morgan fingerprint density at radius 2 is 0.741 bits per heavy atom. The van der Waals surface area contributed by atoms with Crippen LogP contribution in [0.25, 0.3) is 0 Å². The molecule has 2 fully saturated rings. The van der Waals surface area contributed by atoms with Gasteiger partial charge >= 0.3 is 0 Å². The zero-order chi connectivity index (χ0) is 96.9. The molecule has 23 nitrogen and oxygen atoms in total. The van der Waals surface area contributed by atoms with Crippen molar-refractivity contribution in [3.05, 3.63) is 167 Å². The van der Waals surface area contributed by atoms with Gasteiger partial charge in [0.05, 0.1) is 90.9 Å². The predicted octanol–water partition coefficient (Wildman–Crippen LogP) is 21.4. The average molecular weight is 1890 g/mol. The summed E-state index contributed by atoms with van der Waals surface area (Å²) in [7, 11) is 3.22. The highest BCUT2D eigenvalue weighted by atomic mass is 16.7. The van der Waals surface area contributed by atoms with Crippen LogP contribution in [0.5, 0.6) is 11.5 Å². The van der Waals surface area contributed by atoms with Crippen molar-refractivity contribution < 1.29 is 92.4 Å². The molecule has 10 N–H and O–H groups in total. The number of aliphatic hydroxyl groups excluding tert-OH is 6. The second kappa shape index (κ2) is 74.1. The van der Waals surface area contributed by atoms with Gasteiger partial charge in [0.2, 0.25) is 11.8 Å². The lowest BCUT2D eigenvalue weighted by molar-refractivity contribution is -0.303. The van der Waals surface area contributed by atoms with Gasteiger partial charge in [-0.3, -0.25) is 19.2 Å². The first-order chi connectivity index (χ1) is 65.9. The molecule has 2 aliphatic rings. The first-order valence-corrected chi connectivity index (χ1v) is 52.8. The number of carbonyl (C=O) groups excluding carboxylic acids is 4. The van der Waals surface area contributed by atoms with Gasteiger partial charge in [-0.1, -0.05) is 370 Å². The third-order valence-electron chi connectivity index (χ3n) is 27.1. The number of rotatable bonds is 77. The summed E-state index contributed by atoms with van der Waals surface area (Å²) in [6.45, 7) is 13.7. The number of methoxy groups -OCH3 is 2. The summed E-state index contributed by atoms with van der Waals surface area (Å²) in [6.07, 6.45) is 38.6. The van der Waals surface area contributed by atoms with Gasteiger partial charge in [0.1, 0.15) is 48.1 Å². The maximum atomic E-state index is 14.3. The number of aliphatic hydroxyl groups is 6. The van der Waals surface area contributed by atoms with Gasteiger partial charge in [-0.2, -0.15) is 0 Å². The van der Waals surface area contributed by atoms with Gasteiger partial charge in [0.15, 0.2) is 12.6 Å². The summed E-state index contributed by atoms with van der Waals surface area (Å²) >= 11 is 0. The number of unbranched alkanes of at least 4 members (excludes halogenated alkanes) is 38. The fourth-order valence-corrected chi connectivity index (χ4v) is 17.9. The molecule has 2 aliphatic heterocycles. The van der Waals surface area contributed by atoms with E-state index in [1.165, 1.54) is 128 Å². The molecular weight excluding hydrogens is 1710 g/mol. The number of nitrogens with one attached hydrogen (secondary N) is 4. The number of hydrogen-bond donors (Lipinski definition) is 10. The Morgan fingerprint density at radius 3 is 1.16 bits per heavy atom. The highest BCUT2D eigenvalue weighted by molar-refractivity contribution is 5.94. The monoisotopic (exact) mass is 1890 g/mol. The number of amides is 4. The van der Waals surface area contributed by atoms with E-state index >= 15 is 0 Å². The minimum atomic E-state index is -1.62. The van der Waals surface area contributed by atoms with Crippen LogP contribution >= 0.6 is 0 Å². The summed E-state index contributed by atoms with van der Waals surface area (Å²) in [5, 5.41) is 74.6. The van der Waals surface area contributed by atoms with Crippen LogP contribution in [0.15, 0.2) is 140 Å². The van der Waals surface area contributed by atoms with Gasteiger partial charge in [-0.05, 0) is 116 Å². The van der Waals surface area contributed by atoms with E-state index in [-0.39, 0.29) is 67.3 Å². The highest BCUT2D eigenvalue weighted by Gasteiger charge is 2.46. The van der Waals surface area contributed by atoms with E-state index in [1.807, 2.05) is 54.6 Å². The molecule has 7 rings (SSSR count). The molecule has 0 aromatic heterocycles. The molecule has 5 aromatic carbocycles. The third-order valence-corrected chi connectivity index (χ3v) is 27.1. The highest BCUT2D eigenvalue weighted by Crippen LogP contribution is 2.37. The smallest absolute Gasteiger partial charge is 0.251 e. The lowest BCUT2D eigenvalue weighted by atomic mass is 9.79. The second-order valence-corrected chi connectivity index (χ2v) is 38.2. The van der Waals surface area contributed by atoms with E-state index in [4.69, 9.17) is 42.6 Å².